The molecule has 32 heavy (non-hydrogen) atoms. The van der Waals surface area contributed by atoms with Crippen molar-refractivity contribution < 1.29 is 0 Å². The van der Waals surface area contributed by atoms with Gasteiger partial charge >= 0.3 is 5.69 Å². The molecule has 0 unspecified atom stereocenters. The van der Waals surface area contributed by atoms with Crippen molar-refractivity contribution >= 4 is 34.4 Å². The number of hydrogen-bond donors (Lipinski definition) is 0. The number of fused-ring (bicyclic) bond motifs is 3. The number of anilines is 2. The van der Waals surface area contributed by atoms with Gasteiger partial charge in [0, 0.05) is 37.4 Å². The molecule has 0 amide bonds. The van der Waals surface area contributed by atoms with Crippen LogP contribution in [0.4, 0.5) is 11.6 Å². The Hall–Kier alpha value is -3.32. The monoisotopic (exact) mass is 449 g/mol. The highest BCUT2D eigenvalue weighted by atomic mass is 35.5. The first-order valence-electron chi connectivity index (χ1n) is 10.7. The van der Waals surface area contributed by atoms with Crippen molar-refractivity contribution in [2.75, 3.05) is 11.4 Å². The molecule has 1 aliphatic rings. The molecule has 7 nitrogen and oxygen atoms in total. The van der Waals surface area contributed by atoms with Gasteiger partial charge in [-0.15, -0.1) is 0 Å². The van der Waals surface area contributed by atoms with E-state index in [1.165, 1.54) is 9.13 Å². The molecular weight excluding hydrogens is 426 g/mol. The standard InChI is InChI=1S/C24H24ClN5O2/c1-16-9-10-18(25)15-19(16)28-12-6-13-29-20-21(26-23(28)29)27(2)24(32)30(22(20)31)14-11-17-7-4-3-5-8-17/h3-5,7-10,15H,6,11-14H2,1-2H3. The fourth-order valence-corrected chi connectivity index (χ4v) is 4.62. The molecule has 0 fully saturated rings. The van der Waals surface area contributed by atoms with Crippen LogP contribution in [0.2, 0.25) is 5.02 Å². The van der Waals surface area contributed by atoms with Crippen molar-refractivity contribution in [2.45, 2.75) is 32.9 Å². The fourth-order valence-electron chi connectivity index (χ4n) is 4.45. The van der Waals surface area contributed by atoms with Gasteiger partial charge in [-0.1, -0.05) is 48.0 Å². The van der Waals surface area contributed by atoms with Gasteiger partial charge in [0.1, 0.15) is 0 Å². The smallest absolute Gasteiger partial charge is 0.312 e. The molecule has 0 saturated carbocycles. The molecule has 0 bridgehead atoms. The number of aromatic nitrogens is 4. The third-order valence-corrected chi connectivity index (χ3v) is 6.38. The molecular formula is C24H24ClN5O2. The molecule has 0 aliphatic carbocycles. The summed E-state index contributed by atoms with van der Waals surface area (Å²) in [5.74, 6) is 0.671. The van der Waals surface area contributed by atoms with Crippen LogP contribution in [0.1, 0.15) is 17.5 Å². The third kappa shape index (κ3) is 3.33. The second kappa shape index (κ2) is 7.98. The number of benzene rings is 2. The van der Waals surface area contributed by atoms with Crippen LogP contribution in [0.3, 0.4) is 0 Å². The SMILES string of the molecule is Cc1ccc(Cl)cc1N1CCCn2c1nc1c2c(=O)n(CCc2ccccc2)c(=O)n1C. The summed E-state index contributed by atoms with van der Waals surface area (Å²) in [6, 6.07) is 15.6. The van der Waals surface area contributed by atoms with Crippen LogP contribution in [-0.4, -0.2) is 25.2 Å². The molecule has 5 rings (SSSR count). The number of aryl methyl sites for hydroxylation is 4. The van der Waals surface area contributed by atoms with Crippen LogP contribution < -0.4 is 16.1 Å². The van der Waals surface area contributed by atoms with Crippen molar-refractivity contribution in [3.63, 3.8) is 0 Å². The molecule has 0 spiro atoms. The average molecular weight is 450 g/mol. The topological polar surface area (TPSA) is 65.1 Å². The summed E-state index contributed by atoms with van der Waals surface area (Å²) in [6.45, 7) is 3.79. The molecule has 8 heteroatoms. The van der Waals surface area contributed by atoms with E-state index in [4.69, 9.17) is 16.6 Å². The van der Waals surface area contributed by atoms with Gasteiger partial charge in [0.2, 0.25) is 5.95 Å². The first-order valence-corrected chi connectivity index (χ1v) is 11.1. The van der Waals surface area contributed by atoms with E-state index in [1.807, 2.05) is 60.0 Å². The van der Waals surface area contributed by atoms with Crippen molar-refractivity contribution in [3.8, 4) is 0 Å². The van der Waals surface area contributed by atoms with Gasteiger partial charge in [0.25, 0.3) is 5.56 Å². The van der Waals surface area contributed by atoms with E-state index in [2.05, 4.69) is 4.90 Å². The Morgan fingerprint density at radius 2 is 1.84 bits per heavy atom. The van der Waals surface area contributed by atoms with Gasteiger partial charge in [0.15, 0.2) is 11.2 Å². The molecule has 0 atom stereocenters. The Morgan fingerprint density at radius 3 is 2.62 bits per heavy atom. The number of rotatable bonds is 4. The highest BCUT2D eigenvalue weighted by Crippen LogP contribution is 2.34. The molecule has 2 aromatic heterocycles. The van der Waals surface area contributed by atoms with Gasteiger partial charge in [-0.2, -0.15) is 4.98 Å². The quantitative estimate of drug-likeness (QED) is 0.477. The zero-order chi connectivity index (χ0) is 22.4. The highest BCUT2D eigenvalue weighted by molar-refractivity contribution is 6.30. The van der Waals surface area contributed by atoms with Gasteiger partial charge < -0.3 is 9.47 Å². The lowest BCUT2D eigenvalue weighted by Gasteiger charge is -2.30. The van der Waals surface area contributed by atoms with Crippen LogP contribution in [-0.2, 0) is 26.6 Å². The molecule has 0 radical (unpaired) electrons. The summed E-state index contributed by atoms with van der Waals surface area (Å²) in [4.78, 5) is 33.3. The zero-order valence-corrected chi connectivity index (χ0v) is 18.8. The summed E-state index contributed by atoms with van der Waals surface area (Å²) >= 11 is 6.27. The Kier molecular flexibility index (Phi) is 5.13. The minimum absolute atomic E-state index is 0.289. The van der Waals surface area contributed by atoms with E-state index >= 15 is 0 Å². The van der Waals surface area contributed by atoms with Gasteiger partial charge in [-0.3, -0.25) is 13.9 Å². The van der Waals surface area contributed by atoms with E-state index in [0.717, 1.165) is 29.8 Å². The Labute approximate surface area is 190 Å². The first kappa shape index (κ1) is 20.6. The minimum atomic E-state index is -0.348. The predicted molar refractivity (Wildman–Crippen MR) is 127 cm³/mol. The van der Waals surface area contributed by atoms with Gasteiger partial charge in [-0.25, -0.2) is 4.79 Å². The lowest BCUT2D eigenvalue weighted by atomic mass is 10.1. The molecule has 0 N–H and O–H groups in total. The summed E-state index contributed by atoms with van der Waals surface area (Å²) in [5, 5.41) is 0.648. The van der Waals surface area contributed by atoms with Crippen molar-refractivity contribution in [1.82, 2.24) is 18.7 Å². The average Bonchev–Trinajstić information content (AvgIpc) is 3.20. The van der Waals surface area contributed by atoms with E-state index in [1.54, 1.807) is 7.05 Å². The predicted octanol–water partition coefficient (Wildman–Crippen LogP) is 3.64. The Bertz CT molecular complexity index is 1440. The zero-order valence-electron chi connectivity index (χ0n) is 18.1. The van der Waals surface area contributed by atoms with E-state index in [9.17, 15) is 9.59 Å². The largest absolute Gasteiger partial charge is 0.332 e. The van der Waals surface area contributed by atoms with Crippen LogP contribution in [0.5, 0.6) is 0 Å². The summed E-state index contributed by atoms with van der Waals surface area (Å²) < 4.78 is 4.75. The maximum Gasteiger partial charge on any atom is 0.332 e. The molecule has 0 saturated heterocycles. The number of halogens is 1. The highest BCUT2D eigenvalue weighted by Gasteiger charge is 2.27. The number of hydrogen-bond acceptors (Lipinski definition) is 4. The summed E-state index contributed by atoms with van der Waals surface area (Å²) in [5.41, 5.74) is 3.37. The lowest BCUT2D eigenvalue weighted by Crippen LogP contribution is -2.40. The maximum atomic E-state index is 13.5. The van der Waals surface area contributed by atoms with Crippen molar-refractivity contribution in [1.29, 1.82) is 0 Å². The molecule has 4 aromatic rings. The Morgan fingerprint density at radius 1 is 1.06 bits per heavy atom. The molecule has 2 aromatic carbocycles. The second-order valence-corrected chi connectivity index (χ2v) is 8.64. The number of imidazole rings is 1. The van der Waals surface area contributed by atoms with Crippen LogP contribution in [0.15, 0.2) is 58.1 Å². The summed E-state index contributed by atoms with van der Waals surface area (Å²) in [7, 11) is 1.68. The van der Waals surface area contributed by atoms with E-state index < -0.39 is 0 Å². The lowest BCUT2D eigenvalue weighted by molar-refractivity contribution is 0.584. The van der Waals surface area contributed by atoms with E-state index in [0.29, 0.717) is 41.6 Å². The molecule has 3 heterocycles. The van der Waals surface area contributed by atoms with E-state index in [-0.39, 0.29) is 11.2 Å². The molecule has 164 valence electrons. The third-order valence-electron chi connectivity index (χ3n) is 6.15. The summed E-state index contributed by atoms with van der Waals surface area (Å²) in [6.07, 6.45) is 1.47. The van der Waals surface area contributed by atoms with Crippen LogP contribution in [0, 0.1) is 6.92 Å². The number of nitrogens with zero attached hydrogens (tertiary/aromatic N) is 5. The fraction of sp³-hybridized carbons (Fsp3) is 0.292. The second-order valence-electron chi connectivity index (χ2n) is 8.21. The van der Waals surface area contributed by atoms with Crippen molar-refractivity contribution in [3.05, 3.63) is 85.5 Å². The van der Waals surface area contributed by atoms with Crippen LogP contribution in [0.25, 0.3) is 11.2 Å². The van der Waals surface area contributed by atoms with Gasteiger partial charge in [-0.05, 0) is 43.0 Å². The molecule has 1 aliphatic heterocycles. The normalized spacial score (nSPS) is 13.5. The van der Waals surface area contributed by atoms with Crippen LogP contribution >= 0.6 is 11.6 Å². The van der Waals surface area contributed by atoms with Crippen molar-refractivity contribution in [2.24, 2.45) is 7.05 Å². The minimum Gasteiger partial charge on any atom is -0.312 e. The first-order chi connectivity index (χ1) is 15.5. The van der Waals surface area contributed by atoms with Gasteiger partial charge in [0.05, 0.1) is 0 Å². The Balaban J connectivity index is 1.65. The maximum absolute atomic E-state index is 13.5.